The Morgan fingerprint density at radius 2 is 0.812 bits per heavy atom. The zero-order chi connectivity index (χ0) is 34.7. The number of hydrogen-bond acceptors (Lipinski definition) is 8. The molecule has 0 saturated heterocycles. The molecule has 2 amide bonds. The highest BCUT2D eigenvalue weighted by Crippen LogP contribution is 2.25. The van der Waals surface area contributed by atoms with Crippen LogP contribution in [0.15, 0.2) is 36.4 Å². The van der Waals surface area contributed by atoms with Crippen LogP contribution in [-0.2, 0) is 22.4 Å². The van der Waals surface area contributed by atoms with E-state index in [-0.39, 0.29) is 24.7 Å². The number of ether oxygens (including phenoxy) is 4. The van der Waals surface area contributed by atoms with Crippen LogP contribution in [0.5, 0.6) is 23.0 Å². The minimum atomic E-state index is -0.00562. The van der Waals surface area contributed by atoms with Crippen molar-refractivity contribution in [2.75, 3.05) is 67.7 Å². The lowest BCUT2D eigenvalue weighted by atomic mass is 10.1. The Labute approximate surface area is 289 Å². The highest BCUT2D eigenvalue weighted by Gasteiger charge is 2.11. The molecule has 0 unspecified atom stereocenters. The SMILES string of the molecule is COc1ccc(OC)c(CC(=O)NCCCNCCCCCCCCCCCCNCCCNC(=O)Cc2cc(OC)ccc2OC)c1. The fourth-order valence-electron chi connectivity index (χ4n) is 5.56. The number of unbranched alkanes of at least 4 members (excludes halogenated alkanes) is 9. The molecule has 0 spiro atoms. The summed E-state index contributed by atoms with van der Waals surface area (Å²) < 4.78 is 21.2. The normalized spacial score (nSPS) is 10.8. The van der Waals surface area contributed by atoms with E-state index in [0.717, 1.165) is 61.6 Å². The first-order chi connectivity index (χ1) is 23.5. The van der Waals surface area contributed by atoms with E-state index in [0.29, 0.717) is 24.6 Å². The van der Waals surface area contributed by atoms with Crippen LogP contribution >= 0.6 is 0 Å². The first-order valence-electron chi connectivity index (χ1n) is 17.9. The number of hydrogen-bond donors (Lipinski definition) is 4. The van der Waals surface area contributed by atoms with Crippen molar-refractivity contribution in [3.05, 3.63) is 47.5 Å². The van der Waals surface area contributed by atoms with Crippen molar-refractivity contribution in [3.8, 4) is 23.0 Å². The Balaban J connectivity index is 1.30. The van der Waals surface area contributed by atoms with Gasteiger partial charge < -0.3 is 40.2 Å². The molecule has 2 aromatic rings. The molecular formula is C38H62N4O6. The lowest BCUT2D eigenvalue weighted by molar-refractivity contribution is -0.121. The number of carbonyl (C=O) groups excluding carboxylic acids is 2. The van der Waals surface area contributed by atoms with Gasteiger partial charge in [0.1, 0.15) is 23.0 Å². The molecule has 0 aromatic heterocycles. The van der Waals surface area contributed by atoms with Crippen molar-refractivity contribution in [2.45, 2.75) is 89.9 Å². The lowest BCUT2D eigenvalue weighted by Gasteiger charge is -2.11. The number of rotatable bonds is 29. The van der Waals surface area contributed by atoms with E-state index in [1.165, 1.54) is 64.2 Å². The predicted molar refractivity (Wildman–Crippen MR) is 194 cm³/mol. The van der Waals surface area contributed by atoms with Crippen molar-refractivity contribution >= 4 is 11.8 Å². The van der Waals surface area contributed by atoms with Crippen molar-refractivity contribution in [1.29, 1.82) is 0 Å². The average Bonchev–Trinajstić information content (AvgIpc) is 3.10. The number of amides is 2. The fourth-order valence-corrected chi connectivity index (χ4v) is 5.56. The maximum Gasteiger partial charge on any atom is 0.224 e. The third kappa shape index (κ3) is 18.2. The molecule has 0 aliphatic heterocycles. The third-order valence-corrected chi connectivity index (χ3v) is 8.34. The Bertz CT molecular complexity index is 1070. The first kappa shape index (κ1) is 40.7. The topological polar surface area (TPSA) is 119 Å². The molecule has 270 valence electrons. The van der Waals surface area contributed by atoms with Crippen LogP contribution in [0.2, 0.25) is 0 Å². The summed E-state index contributed by atoms with van der Waals surface area (Å²) in [5.41, 5.74) is 1.65. The molecule has 0 saturated carbocycles. The Morgan fingerprint density at radius 3 is 1.17 bits per heavy atom. The molecule has 0 radical (unpaired) electrons. The van der Waals surface area contributed by atoms with Gasteiger partial charge in [-0.05, 0) is 88.3 Å². The second kappa shape index (κ2) is 26.5. The second-order valence-electron chi connectivity index (χ2n) is 12.2. The van der Waals surface area contributed by atoms with Gasteiger partial charge in [-0.25, -0.2) is 0 Å². The van der Waals surface area contributed by atoms with E-state index in [1.807, 2.05) is 36.4 Å². The summed E-state index contributed by atoms with van der Waals surface area (Å²) in [5, 5.41) is 13.0. The van der Waals surface area contributed by atoms with Gasteiger partial charge in [-0.15, -0.1) is 0 Å². The summed E-state index contributed by atoms with van der Waals surface area (Å²) in [6.45, 7) is 5.24. The molecule has 2 aromatic carbocycles. The maximum atomic E-state index is 12.3. The van der Waals surface area contributed by atoms with Crippen molar-refractivity contribution < 1.29 is 28.5 Å². The number of nitrogens with one attached hydrogen (secondary N) is 4. The highest BCUT2D eigenvalue weighted by atomic mass is 16.5. The summed E-state index contributed by atoms with van der Waals surface area (Å²) >= 11 is 0. The quantitative estimate of drug-likeness (QED) is 0.0827. The highest BCUT2D eigenvalue weighted by molar-refractivity contribution is 5.80. The maximum absolute atomic E-state index is 12.3. The minimum Gasteiger partial charge on any atom is -0.497 e. The van der Waals surface area contributed by atoms with E-state index in [9.17, 15) is 9.59 Å². The molecule has 2 rings (SSSR count). The number of carbonyl (C=O) groups is 2. The molecule has 4 N–H and O–H groups in total. The molecule has 0 aliphatic rings. The van der Waals surface area contributed by atoms with Gasteiger partial charge in [0.25, 0.3) is 0 Å². The zero-order valence-corrected chi connectivity index (χ0v) is 30.1. The summed E-state index contributed by atoms with van der Waals surface area (Å²) in [6.07, 6.45) is 15.3. The van der Waals surface area contributed by atoms with E-state index in [4.69, 9.17) is 18.9 Å². The molecule has 10 nitrogen and oxygen atoms in total. The molecule has 0 heterocycles. The molecule has 10 heteroatoms. The van der Waals surface area contributed by atoms with Crippen LogP contribution in [0, 0.1) is 0 Å². The molecule has 48 heavy (non-hydrogen) atoms. The van der Waals surface area contributed by atoms with E-state index in [2.05, 4.69) is 21.3 Å². The summed E-state index contributed by atoms with van der Waals surface area (Å²) in [4.78, 5) is 24.6. The van der Waals surface area contributed by atoms with Gasteiger partial charge in [0.15, 0.2) is 0 Å². The molecule has 0 bridgehead atoms. The lowest BCUT2D eigenvalue weighted by Crippen LogP contribution is -2.29. The van der Waals surface area contributed by atoms with Crippen LogP contribution in [-0.4, -0.2) is 79.5 Å². The molecule has 0 fully saturated rings. The summed E-state index contributed by atoms with van der Waals surface area (Å²) in [6, 6.07) is 11.0. The van der Waals surface area contributed by atoms with Gasteiger partial charge >= 0.3 is 0 Å². The Kier molecular flexibility index (Phi) is 22.4. The standard InChI is InChI=1S/C38H62N4O6/c1-45-33-17-19-35(47-3)31(27-33)29-37(43)41-25-15-23-39-21-13-11-9-7-5-6-8-10-12-14-22-40-24-16-26-42-38(44)30-32-28-34(46-2)18-20-36(32)48-4/h17-20,27-28,39-40H,5-16,21-26,29-30H2,1-4H3,(H,41,43)(H,42,44). The fraction of sp³-hybridized carbons (Fsp3) is 0.632. The zero-order valence-electron chi connectivity index (χ0n) is 30.1. The first-order valence-corrected chi connectivity index (χ1v) is 17.9. The van der Waals surface area contributed by atoms with Gasteiger partial charge in [0, 0.05) is 24.2 Å². The van der Waals surface area contributed by atoms with E-state index in [1.54, 1.807) is 28.4 Å². The van der Waals surface area contributed by atoms with Crippen molar-refractivity contribution in [3.63, 3.8) is 0 Å². The largest absolute Gasteiger partial charge is 0.497 e. The summed E-state index contributed by atoms with van der Waals surface area (Å²) in [5.74, 6) is 2.83. The Morgan fingerprint density at radius 1 is 0.458 bits per heavy atom. The van der Waals surface area contributed by atoms with Gasteiger partial charge in [0.05, 0.1) is 41.3 Å². The van der Waals surface area contributed by atoms with Gasteiger partial charge in [0.2, 0.25) is 11.8 Å². The van der Waals surface area contributed by atoms with Crippen LogP contribution in [0.25, 0.3) is 0 Å². The molecule has 0 atom stereocenters. The van der Waals surface area contributed by atoms with Gasteiger partial charge in [-0.2, -0.15) is 0 Å². The monoisotopic (exact) mass is 670 g/mol. The van der Waals surface area contributed by atoms with E-state index < -0.39 is 0 Å². The number of benzene rings is 2. The van der Waals surface area contributed by atoms with Crippen molar-refractivity contribution in [1.82, 2.24) is 21.3 Å². The number of methoxy groups -OCH3 is 4. The van der Waals surface area contributed by atoms with Gasteiger partial charge in [-0.3, -0.25) is 9.59 Å². The van der Waals surface area contributed by atoms with E-state index >= 15 is 0 Å². The van der Waals surface area contributed by atoms with Crippen LogP contribution in [0.3, 0.4) is 0 Å². The third-order valence-electron chi connectivity index (χ3n) is 8.34. The molecular weight excluding hydrogens is 608 g/mol. The minimum absolute atomic E-state index is 0.00562. The smallest absolute Gasteiger partial charge is 0.224 e. The van der Waals surface area contributed by atoms with Gasteiger partial charge in [-0.1, -0.05) is 51.4 Å². The second-order valence-corrected chi connectivity index (χ2v) is 12.2. The summed E-state index contributed by atoms with van der Waals surface area (Å²) in [7, 11) is 6.45. The molecule has 0 aliphatic carbocycles. The van der Waals surface area contributed by atoms with Crippen LogP contribution in [0.1, 0.15) is 88.2 Å². The van der Waals surface area contributed by atoms with Crippen LogP contribution in [0.4, 0.5) is 0 Å². The van der Waals surface area contributed by atoms with Crippen molar-refractivity contribution in [2.24, 2.45) is 0 Å². The van der Waals surface area contributed by atoms with Crippen LogP contribution < -0.4 is 40.2 Å². The Hall–Kier alpha value is -3.50. The average molecular weight is 671 g/mol. The predicted octanol–water partition coefficient (Wildman–Crippen LogP) is 5.60.